The predicted octanol–water partition coefficient (Wildman–Crippen LogP) is 2.87. The molecule has 0 spiro atoms. The molecule has 0 aliphatic heterocycles. The molecular formula is C14H19ClN2O2. The van der Waals surface area contributed by atoms with Crippen molar-refractivity contribution in [2.45, 2.75) is 38.1 Å². The van der Waals surface area contributed by atoms with Gasteiger partial charge in [-0.2, -0.15) is 0 Å². The van der Waals surface area contributed by atoms with Gasteiger partial charge < -0.3 is 15.8 Å². The summed E-state index contributed by atoms with van der Waals surface area (Å²) in [6, 6.07) is 3.50. The van der Waals surface area contributed by atoms with Crippen molar-refractivity contribution in [2.75, 3.05) is 12.4 Å². The molecule has 104 valence electrons. The molecule has 0 radical (unpaired) electrons. The number of methoxy groups -OCH3 is 1. The molecule has 0 atom stereocenters. The molecule has 1 aliphatic rings. The molecule has 1 aromatic rings. The maximum atomic E-state index is 12.3. The number of ether oxygens (including phenoxy) is 1. The van der Waals surface area contributed by atoms with Gasteiger partial charge in [-0.3, -0.25) is 4.79 Å². The second-order valence-corrected chi connectivity index (χ2v) is 5.53. The molecule has 0 saturated heterocycles. The maximum Gasteiger partial charge on any atom is 0.244 e. The smallest absolute Gasteiger partial charge is 0.244 e. The highest BCUT2D eigenvalue weighted by Gasteiger charge is 2.37. The first kappa shape index (κ1) is 14.2. The molecule has 5 heteroatoms. The van der Waals surface area contributed by atoms with Crippen LogP contribution in [0.5, 0.6) is 5.75 Å². The van der Waals surface area contributed by atoms with Gasteiger partial charge in [0, 0.05) is 11.1 Å². The Morgan fingerprint density at radius 3 is 2.63 bits per heavy atom. The lowest BCUT2D eigenvalue weighted by Gasteiger charge is -2.23. The van der Waals surface area contributed by atoms with Crippen LogP contribution in [0, 0.1) is 6.92 Å². The Balaban J connectivity index is 2.23. The summed E-state index contributed by atoms with van der Waals surface area (Å²) >= 11 is 6.04. The van der Waals surface area contributed by atoms with Gasteiger partial charge in [0.15, 0.2) is 0 Å². The van der Waals surface area contributed by atoms with E-state index in [2.05, 4.69) is 5.32 Å². The molecule has 1 saturated carbocycles. The summed E-state index contributed by atoms with van der Waals surface area (Å²) in [5, 5.41) is 3.47. The number of nitrogens with one attached hydrogen (secondary N) is 1. The molecule has 3 N–H and O–H groups in total. The van der Waals surface area contributed by atoms with E-state index in [-0.39, 0.29) is 5.91 Å². The van der Waals surface area contributed by atoms with E-state index in [4.69, 9.17) is 22.1 Å². The quantitative estimate of drug-likeness (QED) is 0.896. The van der Waals surface area contributed by atoms with Gasteiger partial charge >= 0.3 is 0 Å². The van der Waals surface area contributed by atoms with Gasteiger partial charge in [0.1, 0.15) is 5.75 Å². The average Bonchev–Trinajstić information content (AvgIpc) is 2.82. The molecule has 2 rings (SSSR count). The molecule has 1 aromatic carbocycles. The van der Waals surface area contributed by atoms with Crippen LogP contribution in [0.2, 0.25) is 5.02 Å². The lowest BCUT2D eigenvalue weighted by atomic mass is 9.98. The number of carbonyl (C=O) groups excluding carboxylic acids is 1. The van der Waals surface area contributed by atoms with Crippen LogP contribution in [0.4, 0.5) is 5.69 Å². The van der Waals surface area contributed by atoms with Gasteiger partial charge in [-0.25, -0.2) is 0 Å². The molecule has 19 heavy (non-hydrogen) atoms. The third-order valence-corrected chi connectivity index (χ3v) is 4.08. The zero-order valence-corrected chi connectivity index (χ0v) is 12.0. The number of amides is 1. The molecule has 1 amide bonds. The fourth-order valence-electron chi connectivity index (χ4n) is 2.41. The Morgan fingerprint density at radius 1 is 1.42 bits per heavy atom. The van der Waals surface area contributed by atoms with Crippen molar-refractivity contribution in [3.05, 3.63) is 22.7 Å². The second-order valence-electron chi connectivity index (χ2n) is 5.12. The predicted molar refractivity (Wildman–Crippen MR) is 76.8 cm³/mol. The molecule has 4 nitrogen and oxygen atoms in total. The van der Waals surface area contributed by atoms with E-state index in [1.807, 2.05) is 6.92 Å². The molecule has 0 bridgehead atoms. The first-order valence-corrected chi connectivity index (χ1v) is 6.78. The number of halogens is 1. The third kappa shape index (κ3) is 2.85. The number of hydrogen-bond acceptors (Lipinski definition) is 3. The fourth-order valence-corrected chi connectivity index (χ4v) is 2.56. The number of nitrogens with two attached hydrogens (primary N) is 1. The van der Waals surface area contributed by atoms with Crippen molar-refractivity contribution in [1.29, 1.82) is 0 Å². The van der Waals surface area contributed by atoms with Gasteiger partial charge in [0.05, 0.1) is 18.3 Å². The number of anilines is 1. The van der Waals surface area contributed by atoms with Crippen molar-refractivity contribution < 1.29 is 9.53 Å². The zero-order valence-electron chi connectivity index (χ0n) is 11.3. The molecule has 1 fully saturated rings. The second kappa shape index (κ2) is 5.39. The van der Waals surface area contributed by atoms with E-state index in [0.29, 0.717) is 16.5 Å². The van der Waals surface area contributed by atoms with E-state index < -0.39 is 5.54 Å². The lowest BCUT2D eigenvalue weighted by Crippen LogP contribution is -2.48. The summed E-state index contributed by atoms with van der Waals surface area (Å²) in [5.74, 6) is 0.399. The van der Waals surface area contributed by atoms with Crippen LogP contribution in [0.25, 0.3) is 0 Å². The largest absolute Gasteiger partial charge is 0.495 e. The first-order chi connectivity index (χ1) is 8.96. The summed E-state index contributed by atoms with van der Waals surface area (Å²) in [4.78, 5) is 12.3. The van der Waals surface area contributed by atoms with Gasteiger partial charge in [0.2, 0.25) is 5.91 Å². The van der Waals surface area contributed by atoms with E-state index in [1.54, 1.807) is 19.2 Å². The van der Waals surface area contributed by atoms with Crippen LogP contribution < -0.4 is 15.8 Å². The van der Waals surface area contributed by atoms with Gasteiger partial charge in [-0.05, 0) is 31.4 Å². The first-order valence-electron chi connectivity index (χ1n) is 6.41. The molecule has 0 aromatic heterocycles. The van der Waals surface area contributed by atoms with Crippen molar-refractivity contribution >= 4 is 23.2 Å². The van der Waals surface area contributed by atoms with Crippen LogP contribution in [-0.4, -0.2) is 18.6 Å². The minimum absolute atomic E-state index is 0.148. The van der Waals surface area contributed by atoms with Crippen LogP contribution in [-0.2, 0) is 4.79 Å². The Labute approximate surface area is 118 Å². The number of hydrogen-bond donors (Lipinski definition) is 2. The van der Waals surface area contributed by atoms with Gasteiger partial charge in [-0.1, -0.05) is 24.4 Å². The summed E-state index contributed by atoms with van der Waals surface area (Å²) in [6.45, 7) is 1.88. The van der Waals surface area contributed by atoms with Crippen molar-refractivity contribution in [3.63, 3.8) is 0 Å². The van der Waals surface area contributed by atoms with E-state index in [1.165, 1.54) is 0 Å². The molecular weight excluding hydrogens is 264 g/mol. The summed E-state index contributed by atoms with van der Waals surface area (Å²) in [5.41, 5.74) is 6.88. The van der Waals surface area contributed by atoms with Crippen LogP contribution in [0.1, 0.15) is 31.2 Å². The summed E-state index contributed by atoms with van der Waals surface area (Å²) < 4.78 is 5.24. The highest BCUT2D eigenvalue weighted by molar-refractivity contribution is 6.31. The maximum absolute atomic E-state index is 12.3. The van der Waals surface area contributed by atoms with Gasteiger partial charge in [0.25, 0.3) is 0 Å². The Morgan fingerprint density at radius 2 is 2.05 bits per heavy atom. The standard InChI is InChI=1S/C14H19ClN2O2/c1-9-7-11(12(19-2)8-10(9)15)17-13(18)14(16)5-3-4-6-14/h7-8H,3-6,16H2,1-2H3,(H,17,18). The Hall–Kier alpha value is -1.26. The number of benzene rings is 1. The van der Waals surface area contributed by atoms with Crippen LogP contribution in [0.3, 0.4) is 0 Å². The van der Waals surface area contributed by atoms with Crippen molar-refractivity contribution in [1.82, 2.24) is 0 Å². The minimum atomic E-state index is -0.751. The number of carbonyl (C=O) groups is 1. The zero-order chi connectivity index (χ0) is 14.0. The Kier molecular flexibility index (Phi) is 4.02. The molecule has 0 heterocycles. The highest BCUT2D eigenvalue weighted by atomic mass is 35.5. The van der Waals surface area contributed by atoms with Gasteiger partial charge in [-0.15, -0.1) is 0 Å². The summed E-state index contributed by atoms with van der Waals surface area (Å²) in [6.07, 6.45) is 3.46. The van der Waals surface area contributed by atoms with E-state index in [0.717, 1.165) is 31.2 Å². The van der Waals surface area contributed by atoms with Crippen LogP contribution >= 0.6 is 11.6 Å². The van der Waals surface area contributed by atoms with Crippen molar-refractivity contribution in [2.24, 2.45) is 5.73 Å². The number of rotatable bonds is 3. The lowest BCUT2D eigenvalue weighted by molar-refractivity contribution is -0.121. The minimum Gasteiger partial charge on any atom is -0.495 e. The average molecular weight is 283 g/mol. The van der Waals surface area contributed by atoms with E-state index >= 15 is 0 Å². The molecule has 1 aliphatic carbocycles. The van der Waals surface area contributed by atoms with Crippen LogP contribution in [0.15, 0.2) is 12.1 Å². The van der Waals surface area contributed by atoms with E-state index in [9.17, 15) is 4.79 Å². The topological polar surface area (TPSA) is 64.3 Å². The molecule has 0 unspecified atom stereocenters. The highest BCUT2D eigenvalue weighted by Crippen LogP contribution is 2.33. The fraction of sp³-hybridized carbons (Fsp3) is 0.500. The van der Waals surface area contributed by atoms with Crippen molar-refractivity contribution in [3.8, 4) is 5.75 Å². The SMILES string of the molecule is COc1cc(Cl)c(C)cc1NC(=O)C1(N)CCCC1. The third-order valence-electron chi connectivity index (χ3n) is 3.68. The summed E-state index contributed by atoms with van der Waals surface area (Å²) in [7, 11) is 1.55. The number of aryl methyl sites for hydroxylation is 1. The Bertz CT molecular complexity index is 496. The normalized spacial score (nSPS) is 17.3. The monoisotopic (exact) mass is 282 g/mol.